The average Bonchev–Trinajstić information content (AvgIpc) is 2.86. The fraction of sp³-hybridized carbons (Fsp3) is 0.333. The standard InChI is InChI=1S/C9H11N5O2S/c1-4-3-11-9(17-4)5(2)12-8(15)6-7(10)14-16-13-6/h3,5H,1-2H3,(H2,10,14)(H,12,15). The predicted molar refractivity (Wildman–Crippen MR) is 61.4 cm³/mol. The van der Waals surface area contributed by atoms with Crippen molar-refractivity contribution in [1.29, 1.82) is 0 Å². The molecule has 0 aromatic carbocycles. The zero-order valence-corrected chi connectivity index (χ0v) is 10.1. The first-order valence-electron chi connectivity index (χ1n) is 4.89. The van der Waals surface area contributed by atoms with Crippen molar-refractivity contribution in [2.75, 3.05) is 5.73 Å². The van der Waals surface area contributed by atoms with Crippen LogP contribution in [0.1, 0.15) is 33.3 Å². The molecule has 2 aromatic heterocycles. The van der Waals surface area contributed by atoms with Gasteiger partial charge >= 0.3 is 0 Å². The molecule has 3 N–H and O–H groups in total. The number of amides is 1. The zero-order valence-electron chi connectivity index (χ0n) is 9.30. The SMILES string of the molecule is Cc1cnc(C(C)NC(=O)c2nonc2N)s1. The first-order valence-corrected chi connectivity index (χ1v) is 5.71. The Bertz CT molecular complexity index is 535. The molecule has 1 unspecified atom stereocenters. The number of hydrogen-bond acceptors (Lipinski definition) is 7. The fourth-order valence-electron chi connectivity index (χ4n) is 1.25. The third kappa shape index (κ3) is 2.41. The van der Waals surface area contributed by atoms with Crippen LogP contribution in [-0.2, 0) is 0 Å². The van der Waals surface area contributed by atoms with Gasteiger partial charge in [-0.1, -0.05) is 0 Å². The minimum Gasteiger partial charge on any atom is -0.379 e. The highest BCUT2D eigenvalue weighted by Gasteiger charge is 2.19. The molecule has 0 fully saturated rings. The number of thiazole rings is 1. The molecule has 7 nitrogen and oxygen atoms in total. The third-order valence-corrected chi connectivity index (χ3v) is 3.18. The van der Waals surface area contributed by atoms with Crippen molar-refractivity contribution in [3.63, 3.8) is 0 Å². The van der Waals surface area contributed by atoms with E-state index >= 15 is 0 Å². The summed E-state index contributed by atoms with van der Waals surface area (Å²) in [6, 6.07) is -0.211. The lowest BCUT2D eigenvalue weighted by Crippen LogP contribution is -2.27. The number of nitrogens with one attached hydrogen (secondary N) is 1. The number of rotatable bonds is 3. The Labute approximate surface area is 101 Å². The summed E-state index contributed by atoms with van der Waals surface area (Å²) >= 11 is 1.52. The fourth-order valence-corrected chi connectivity index (χ4v) is 2.03. The lowest BCUT2D eigenvalue weighted by molar-refractivity contribution is 0.0930. The van der Waals surface area contributed by atoms with Crippen molar-refractivity contribution in [2.24, 2.45) is 0 Å². The highest BCUT2D eigenvalue weighted by atomic mass is 32.1. The molecule has 2 heterocycles. The van der Waals surface area contributed by atoms with Crippen molar-refractivity contribution in [3.8, 4) is 0 Å². The van der Waals surface area contributed by atoms with Crippen LogP contribution >= 0.6 is 11.3 Å². The van der Waals surface area contributed by atoms with Gasteiger partial charge in [-0.3, -0.25) is 4.79 Å². The molecular formula is C9H11N5O2S. The van der Waals surface area contributed by atoms with E-state index in [9.17, 15) is 4.79 Å². The Morgan fingerprint density at radius 3 is 2.88 bits per heavy atom. The molecule has 8 heteroatoms. The van der Waals surface area contributed by atoms with Gasteiger partial charge in [0.05, 0.1) is 6.04 Å². The van der Waals surface area contributed by atoms with E-state index < -0.39 is 5.91 Å². The van der Waals surface area contributed by atoms with E-state index in [-0.39, 0.29) is 17.6 Å². The van der Waals surface area contributed by atoms with Gasteiger partial charge in [0, 0.05) is 11.1 Å². The molecule has 0 aliphatic carbocycles. The highest BCUT2D eigenvalue weighted by Crippen LogP contribution is 2.19. The van der Waals surface area contributed by atoms with E-state index in [4.69, 9.17) is 5.73 Å². The van der Waals surface area contributed by atoms with Gasteiger partial charge in [0.1, 0.15) is 5.01 Å². The zero-order chi connectivity index (χ0) is 12.4. The van der Waals surface area contributed by atoms with Gasteiger partial charge in [0.2, 0.25) is 11.5 Å². The number of carbonyl (C=O) groups excluding carboxylic acids is 1. The summed E-state index contributed by atoms with van der Waals surface area (Å²) in [7, 11) is 0. The second kappa shape index (κ2) is 4.50. The van der Waals surface area contributed by atoms with Gasteiger partial charge in [0.25, 0.3) is 5.91 Å². The molecule has 0 spiro atoms. The first-order chi connectivity index (χ1) is 8.08. The minimum atomic E-state index is -0.427. The topological polar surface area (TPSA) is 107 Å². The number of aromatic nitrogens is 3. The van der Waals surface area contributed by atoms with E-state index in [1.54, 1.807) is 6.20 Å². The Balaban J connectivity index is 2.07. The molecule has 1 atom stereocenters. The van der Waals surface area contributed by atoms with Crippen LogP contribution in [0.3, 0.4) is 0 Å². The van der Waals surface area contributed by atoms with Crippen LogP contribution in [0.2, 0.25) is 0 Å². The monoisotopic (exact) mass is 253 g/mol. The van der Waals surface area contributed by atoms with Crippen molar-refractivity contribution < 1.29 is 9.42 Å². The van der Waals surface area contributed by atoms with Gasteiger partial charge in [-0.05, 0) is 24.2 Å². The van der Waals surface area contributed by atoms with Gasteiger partial charge in [-0.2, -0.15) is 0 Å². The van der Waals surface area contributed by atoms with E-state index in [1.807, 2.05) is 13.8 Å². The third-order valence-electron chi connectivity index (χ3n) is 2.09. The van der Waals surface area contributed by atoms with Crippen LogP contribution in [0.4, 0.5) is 5.82 Å². The predicted octanol–water partition coefficient (Wildman–Crippen LogP) is 0.908. The van der Waals surface area contributed by atoms with Crippen molar-refractivity contribution in [2.45, 2.75) is 19.9 Å². The van der Waals surface area contributed by atoms with Crippen LogP contribution in [0.25, 0.3) is 0 Å². The molecule has 0 saturated carbocycles. The Morgan fingerprint density at radius 2 is 2.35 bits per heavy atom. The maximum absolute atomic E-state index is 11.7. The number of nitrogen functional groups attached to an aromatic ring is 1. The quantitative estimate of drug-likeness (QED) is 0.841. The number of aryl methyl sites for hydroxylation is 1. The normalized spacial score (nSPS) is 12.4. The summed E-state index contributed by atoms with van der Waals surface area (Å²) in [6.45, 7) is 3.79. The average molecular weight is 253 g/mol. The molecule has 0 bridgehead atoms. The van der Waals surface area contributed by atoms with Gasteiger partial charge in [-0.15, -0.1) is 11.3 Å². The van der Waals surface area contributed by atoms with Crippen molar-refractivity contribution in [1.82, 2.24) is 20.6 Å². The molecular weight excluding hydrogens is 242 g/mol. The molecule has 2 rings (SSSR count). The second-order valence-electron chi connectivity index (χ2n) is 3.50. The summed E-state index contributed by atoms with van der Waals surface area (Å²) in [6.07, 6.45) is 1.76. The second-order valence-corrected chi connectivity index (χ2v) is 4.77. The lowest BCUT2D eigenvalue weighted by atomic mass is 10.3. The number of carbonyl (C=O) groups is 1. The summed E-state index contributed by atoms with van der Waals surface area (Å²) in [5.74, 6) is -0.450. The smallest absolute Gasteiger partial charge is 0.278 e. The largest absolute Gasteiger partial charge is 0.379 e. The molecule has 0 aliphatic heterocycles. The summed E-state index contributed by atoms with van der Waals surface area (Å²) in [4.78, 5) is 17.0. The highest BCUT2D eigenvalue weighted by molar-refractivity contribution is 7.11. The van der Waals surface area contributed by atoms with Gasteiger partial charge < -0.3 is 11.1 Å². The Morgan fingerprint density at radius 1 is 1.59 bits per heavy atom. The number of hydrogen-bond donors (Lipinski definition) is 2. The number of anilines is 1. The first kappa shape index (κ1) is 11.5. The summed E-state index contributed by atoms with van der Waals surface area (Å²) in [5, 5.41) is 10.3. The van der Waals surface area contributed by atoms with Crippen LogP contribution in [0.5, 0.6) is 0 Å². The number of nitrogens with two attached hydrogens (primary N) is 1. The molecule has 2 aromatic rings. The molecule has 90 valence electrons. The van der Waals surface area contributed by atoms with Gasteiger partial charge in [-0.25, -0.2) is 9.61 Å². The molecule has 0 aliphatic rings. The van der Waals surface area contributed by atoms with Crippen molar-refractivity contribution >= 4 is 23.1 Å². The maximum Gasteiger partial charge on any atom is 0.278 e. The molecule has 0 saturated heterocycles. The lowest BCUT2D eigenvalue weighted by Gasteiger charge is -2.09. The Kier molecular flexibility index (Phi) is 3.05. The van der Waals surface area contributed by atoms with Crippen molar-refractivity contribution in [3.05, 3.63) is 21.8 Å². The summed E-state index contributed by atoms with van der Waals surface area (Å²) in [5.41, 5.74) is 5.41. The van der Waals surface area contributed by atoms with E-state index in [1.165, 1.54) is 11.3 Å². The van der Waals surface area contributed by atoms with E-state index in [0.29, 0.717) is 0 Å². The minimum absolute atomic E-state index is 0.00914. The van der Waals surface area contributed by atoms with Gasteiger partial charge in [0.15, 0.2) is 0 Å². The molecule has 17 heavy (non-hydrogen) atoms. The van der Waals surface area contributed by atoms with Crippen LogP contribution < -0.4 is 11.1 Å². The van der Waals surface area contributed by atoms with Crippen LogP contribution in [0.15, 0.2) is 10.8 Å². The molecule has 0 radical (unpaired) electrons. The molecule has 1 amide bonds. The number of nitrogens with zero attached hydrogens (tertiary/aromatic N) is 3. The maximum atomic E-state index is 11.7. The Hall–Kier alpha value is -1.96. The van der Waals surface area contributed by atoms with E-state index in [2.05, 4.69) is 25.2 Å². The summed E-state index contributed by atoms with van der Waals surface area (Å²) < 4.78 is 4.36. The van der Waals surface area contributed by atoms with Crippen LogP contribution in [-0.4, -0.2) is 21.2 Å². The van der Waals surface area contributed by atoms with E-state index in [0.717, 1.165) is 9.88 Å². The van der Waals surface area contributed by atoms with Crippen LogP contribution in [0, 0.1) is 6.92 Å².